The fourth-order valence-corrected chi connectivity index (χ4v) is 3.88. The third kappa shape index (κ3) is 4.65. The van der Waals surface area contributed by atoms with Crippen molar-refractivity contribution in [2.24, 2.45) is 0 Å². The van der Waals surface area contributed by atoms with Crippen LogP contribution in [0.25, 0.3) is 45.0 Å². The largest absolute Gasteiger partial charge is 0.212 e. The third-order valence-corrected chi connectivity index (χ3v) is 5.78. The summed E-state index contributed by atoms with van der Waals surface area (Å²) >= 11 is 0. The molecule has 34 heavy (non-hydrogen) atoms. The number of hydrogen-bond donors (Lipinski definition) is 0. The monoisotopic (exact) mass is 441 g/mol. The lowest BCUT2D eigenvalue weighted by Gasteiger charge is -2.18. The van der Waals surface area contributed by atoms with E-state index in [9.17, 15) is 0 Å². The number of rotatable bonds is 4. The minimum Gasteiger partial charge on any atom is -0.212 e. The molecule has 0 unspecified atom stereocenters. The molecule has 0 bridgehead atoms. The molecule has 0 amide bonds. The van der Waals surface area contributed by atoms with Crippen molar-refractivity contribution in [3.05, 3.63) is 115 Å². The Morgan fingerprint density at radius 2 is 0.853 bits per heavy atom. The second-order valence-corrected chi connectivity index (χ2v) is 9.45. The molecule has 0 saturated carbocycles. The molecule has 0 aliphatic carbocycles. The van der Waals surface area contributed by atoms with Gasteiger partial charge in [-0.1, -0.05) is 124 Å². The van der Waals surface area contributed by atoms with Gasteiger partial charge < -0.3 is 0 Å². The maximum Gasteiger partial charge on any atom is 0.163 e. The number of benzene rings is 4. The molecule has 0 spiro atoms. The van der Waals surface area contributed by atoms with Gasteiger partial charge in [0.2, 0.25) is 0 Å². The van der Waals surface area contributed by atoms with E-state index in [1.807, 2.05) is 12.1 Å². The van der Waals surface area contributed by atoms with Crippen molar-refractivity contribution in [1.29, 1.82) is 0 Å². The molecule has 3 nitrogen and oxygen atoms in total. The van der Waals surface area contributed by atoms with Gasteiger partial charge in [0.05, 0.1) is 0 Å². The molecule has 1 heterocycles. The lowest BCUT2D eigenvalue weighted by molar-refractivity contribution is 0.543. The summed E-state index contributed by atoms with van der Waals surface area (Å²) in [4.78, 5) is 14.6. The molecule has 5 rings (SSSR count). The molecule has 3 heteroatoms. The van der Waals surface area contributed by atoms with E-state index in [4.69, 9.17) is 15.0 Å². The van der Waals surface area contributed by atoms with Crippen molar-refractivity contribution >= 4 is 0 Å². The molecular weight excluding hydrogens is 414 g/mol. The van der Waals surface area contributed by atoms with Crippen LogP contribution in [0.2, 0.25) is 0 Å². The number of aromatic nitrogens is 3. The van der Waals surface area contributed by atoms with Crippen molar-refractivity contribution in [1.82, 2.24) is 15.0 Å². The summed E-state index contributed by atoms with van der Waals surface area (Å²) in [7, 11) is 0. The van der Waals surface area contributed by atoms with Gasteiger partial charge in [0.15, 0.2) is 11.6 Å². The van der Waals surface area contributed by atoms with Gasteiger partial charge >= 0.3 is 0 Å². The minimum absolute atomic E-state index is 0.201. The zero-order valence-electron chi connectivity index (χ0n) is 19.7. The molecule has 0 radical (unpaired) electrons. The average Bonchev–Trinajstić information content (AvgIpc) is 2.89. The predicted molar refractivity (Wildman–Crippen MR) is 140 cm³/mol. The van der Waals surface area contributed by atoms with E-state index >= 15 is 0 Å². The topological polar surface area (TPSA) is 38.7 Å². The van der Waals surface area contributed by atoms with Crippen LogP contribution in [0, 0.1) is 0 Å². The smallest absolute Gasteiger partial charge is 0.163 e. The van der Waals surface area contributed by atoms with E-state index in [2.05, 4.69) is 118 Å². The van der Waals surface area contributed by atoms with Gasteiger partial charge in [-0.25, -0.2) is 15.0 Å². The highest BCUT2D eigenvalue weighted by Gasteiger charge is 2.21. The highest BCUT2D eigenvalue weighted by Crippen LogP contribution is 2.29. The van der Waals surface area contributed by atoms with E-state index in [0.29, 0.717) is 11.6 Å². The van der Waals surface area contributed by atoms with Crippen LogP contribution in [0.3, 0.4) is 0 Å². The lowest BCUT2D eigenvalue weighted by atomic mass is 9.95. The van der Waals surface area contributed by atoms with E-state index in [0.717, 1.165) is 22.5 Å². The summed E-state index contributed by atoms with van der Waals surface area (Å²) in [5.74, 6) is 2.17. The second-order valence-electron chi connectivity index (χ2n) is 9.45. The van der Waals surface area contributed by atoms with Crippen LogP contribution >= 0.6 is 0 Å². The zero-order chi connectivity index (χ0) is 23.5. The van der Waals surface area contributed by atoms with Crippen LogP contribution in [-0.4, -0.2) is 15.0 Å². The van der Waals surface area contributed by atoms with E-state index in [-0.39, 0.29) is 5.41 Å². The van der Waals surface area contributed by atoms with Crippen LogP contribution < -0.4 is 0 Å². The third-order valence-electron chi connectivity index (χ3n) is 5.78. The summed E-state index contributed by atoms with van der Waals surface area (Å²) < 4.78 is 0. The summed E-state index contributed by atoms with van der Waals surface area (Å²) in [5, 5.41) is 0. The summed E-state index contributed by atoms with van der Waals surface area (Å²) in [6.07, 6.45) is 0. The Morgan fingerprint density at radius 3 is 1.44 bits per heavy atom. The predicted octanol–water partition coefficient (Wildman–Crippen LogP) is 7.84. The highest BCUT2D eigenvalue weighted by molar-refractivity contribution is 5.72. The molecule has 0 aliphatic rings. The SMILES string of the molecule is CC(C)(C)c1nc(-c2ccc(-c3ccccc3)cc2)nc(-c2cccc(-c3ccccc3)c2)n1. The molecule has 166 valence electrons. The molecule has 1 aromatic heterocycles. The number of hydrogen-bond acceptors (Lipinski definition) is 3. The van der Waals surface area contributed by atoms with Gasteiger partial charge in [0.25, 0.3) is 0 Å². The molecule has 4 aromatic carbocycles. The van der Waals surface area contributed by atoms with Crippen molar-refractivity contribution in [2.75, 3.05) is 0 Å². The van der Waals surface area contributed by atoms with E-state index in [1.54, 1.807) is 0 Å². The molecule has 0 aliphatic heterocycles. The Hall–Kier alpha value is -4.11. The van der Waals surface area contributed by atoms with Crippen molar-refractivity contribution in [3.63, 3.8) is 0 Å². The van der Waals surface area contributed by atoms with Gasteiger partial charge in [0.1, 0.15) is 5.82 Å². The first-order valence-electron chi connectivity index (χ1n) is 11.6. The zero-order valence-corrected chi connectivity index (χ0v) is 19.7. The normalized spacial score (nSPS) is 11.4. The molecule has 0 saturated heterocycles. The van der Waals surface area contributed by atoms with Crippen molar-refractivity contribution < 1.29 is 0 Å². The fourth-order valence-electron chi connectivity index (χ4n) is 3.88. The van der Waals surface area contributed by atoms with Gasteiger partial charge in [-0.05, 0) is 28.3 Å². The summed E-state index contributed by atoms with van der Waals surface area (Å²) in [6, 6.07) is 37.6. The fraction of sp³-hybridized carbons (Fsp3) is 0.129. The first-order valence-corrected chi connectivity index (χ1v) is 11.6. The maximum absolute atomic E-state index is 4.90. The van der Waals surface area contributed by atoms with Crippen LogP contribution in [-0.2, 0) is 5.41 Å². The Labute approximate surface area is 201 Å². The highest BCUT2D eigenvalue weighted by atomic mass is 15.0. The van der Waals surface area contributed by atoms with Gasteiger partial charge in [-0.2, -0.15) is 0 Å². The van der Waals surface area contributed by atoms with Crippen molar-refractivity contribution in [3.8, 4) is 45.0 Å². The Kier molecular flexibility index (Phi) is 5.77. The van der Waals surface area contributed by atoms with E-state index < -0.39 is 0 Å². The number of nitrogens with zero attached hydrogens (tertiary/aromatic N) is 3. The van der Waals surface area contributed by atoms with Crippen molar-refractivity contribution in [2.45, 2.75) is 26.2 Å². The van der Waals surface area contributed by atoms with Crippen LogP contribution in [0.5, 0.6) is 0 Å². The van der Waals surface area contributed by atoms with Crippen LogP contribution in [0.15, 0.2) is 109 Å². The Bertz CT molecular complexity index is 1400. The Morgan fingerprint density at radius 1 is 0.412 bits per heavy atom. The van der Waals surface area contributed by atoms with Gasteiger partial charge in [-0.15, -0.1) is 0 Å². The molecular formula is C31H27N3. The molecule has 0 N–H and O–H groups in total. The van der Waals surface area contributed by atoms with Gasteiger partial charge in [0, 0.05) is 16.5 Å². The maximum atomic E-state index is 4.90. The first kappa shape index (κ1) is 21.7. The van der Waals surface area contributed by atoms with E-state index in [1.165, 1.54) is 16.7 Å². The summed E-state index contributed by atoms with van der Waals surface area (Å²) in [5.41, 5.74) is 6.44. The van der Waals surface area contributed by atoms with Crippen LogP contribution in [0.4, 0.5) is 0 Å². The lowest BCUT2D eigenvalue weighted by Crippen LogP contribution is -2.18. The standard InChI is InChI=1S/C31H27N3/c1-31(2,3)30-33-28(25-19-17-24(18-20-25)22-11-6-4-7-12-22)32-29(34-30)27-16-10-15-26(21-27)23-13-8-5-9-14-23/h4-21H,1-3H3. The summed E-state index contributed by atoms with van der Waals surface area (Å²) in [6.45, 7) is 6.40. The molecule has 5 aromatic rings. The first-order chi connectivity index (χ1) is 16.5. The molecule has 0 fully saturated rings. The van der Waals surface area contributed by atoms with Crippen LogP contribution in [0.1, 0.15) is 26.6 Å². The molecule has 0 atom stereocenters. The second kappa shape index (κ2) is 9.03. The van der Waals surface area contributed by atoms with Gasteiger partial charge in [-0.3, -0.25) is 0 Å². The average molecular weight is 442 g/mol. The minimum atomic E-state index is -0.201. The Balaban J connectivity index is 1.58. The quantitative estimate of drug-likeness (QED) is 0.285.